The summed E-state index contributed by atoms with van der Waals surface area (Å²) in [5.74, 6) is -1.02. The molecule has 0 atom stereocenters. The lowest BCUT2D eigenvalue weighted by atomic mass is 9.90. The summed E-state index contributed by atoms with van der Waals surface area (Å²) in [4.78, 5) is 11.7. The van der Waals surface area contributed by atoms with Gasteiger partial charge < -0.3 is 15.3 Å². The first-order valence-electron chi connectivity index (χ1n) is 5.02. The molecule has 17 heavy (non-hydrogen) atoms. The maximum atomic E-state index is 11.7. The van der Waals surface area contributed by atoms with Gasteiger partial charge in [-0.2, -0.15) is 0 Å². The van der Waals surface area contributed by atoms with E-state index in [1.807, 2.05) is 0 Å². The lowest BCUT2D eigenvalue weighted by Crippen LogP contribution is -2.06. The van der Waals surface area contributed by atoms with Crippen molar-refractivity contribution in [2.45, 2.75) is 0 Å². The van der Waals surface area contributed by atoms with Crippen LogP contribution in [-0.4, -0.2) is 21.1 Å². The van der Waals surface area contributed by atoms with Gasteiger partial charge in [-0.1, -0.05) is 12.1 Å². The molecule has 0 saturated carbocycles. The van der Waals surface area contributed by atoms with E-state index in [2.05, 4.69) is 0 Å². The molecule has 0 spiro atoms. The fourth-order valence-corrected chi connectivity index (χ4v) is 2.17. The van der Waals surface area contributed by atoms with Gasteiger partial charge >= 0.3 is 0 Å². The lowest BCUT2D eigenvalue weighted by Gasteiger charge is -2.16. The van der Waals surface area contributed by atoms with Crippen LogP contribution in [0.2, 0.25) is 0 Å². The number of aliphatic hydroxyl groups is 1. The van der Waals surface area contributed by atoms with Crippen LogP contribution in [0, 0.1) is 0 Å². The molecule has 2 aromatic carbocycles. The van der Waals surface area contributed by atoms with Crippen molar-refractivity contribution in [3.63, 3.8) is 0 Å². The normalized spacial score (nSPS) is 13.9. The lowest BCUT2D eigenvalue weighted by molar-refractivity contribution is 0.104. The van der Waals surface area contributed by atoms with E-state index >= 15 is 0 Å². The summed E-state index contributed by atoms with van der Waals surface area (Å²) in [7, 11) is 0. The first-order chi connectivity index (χ1) is 8.09. The summed E-state index contributed by atoms with van der Waals surface area (Å²) in [5, 5.41) is 30.2. The first kappa shape index (κ1) is 9.72. The molecular weight excluding hydrogens is 220 g/mol. The summed E-state index contributed by atoms with van der Waals surface area (Å²) < 4.78 is 0. The molecule has 3 N–H and O–H groups in total. The van der Waals surface area contributed by atoms with Crippen LogP contribution in [0.5, 0.6) is 11.5 Å². The summed E-state index contributed by atoms with van der Waals surface area (Å²) in [5.41, 5.74) is 0.305. The molecule has 0 amide bonds. The number of aromatic hydroxyl groups is 2. The molecule has 0 aromatic heterocycles. The Labute approximate surface area is 96.1 Å². The van der Waals surface area contributed by atoms with Crippen molar-refractivity contribution in [2.75, 3.05) is 0 Å². The Morgan fingerprint density at radius 2 is 1.41 bits per heavy atom. The predicted octanol–water partition coefficient (Wildman–Crippen LogP) is 2.35. The van der Waals surface area contributed by atoms with Crippen LogP contribution >= 0.6 is 0 Å². The Balaban J connectivity index is 2.62. The summed E-state index contributed by atoms with van der Waals surface area (Å²) in [6.45, 7) is 0. The zero-order chi connectivity index (χ0) is 12.2. The van der Waals surface area contributed by atoms with Crippen molar-refractivity contribution in [3.8, 4) is 11.5 Å². The van der Waals surface area contributed by atoms with Crippen molar-refractivity contribution >= 4 is 22.3 Å². The van der Waals surface area contributed by atoms with Crippen LogP contribution in [0.1, 0.15) is 15.9 Å². The van der Waals surface area contributed by atoms with Crippen LogP contribution in [-0.2, 0) is 0 Å². The SMILES string of the molecule is O=C1C=C(O)c2c(O)ccc3ccc(O)c1c23. The molecule has 0 heterocycles. The average Bonchev–Trinajstić information content (AvgIpc) is 2.27. The third kappa shape index (κ3) is 1.15. The molecule has 0 fully saturated rings. The zero-order valence-electron chi connectivity index (χ0n) is 8.64. The highest BCUT2D eigenvalue weighted by Gasteiger charge is 2.25. The van der Waals surface area contributed by atoms with Crippen LogP contribution in [0.3, 0.4) is 0 Å². The van der Waals surface area contributed by atoms with E-state index < -0.39 is 5.78 Å². The number of carbonyl (C=O) groups excluding carboxylic acids is 1. The minimum atomic E-state index is -0.469. The van der Waals surface area contributed by atoms with Crippen molar-refractivity contribution < 1.29 is 20.1 Å². The van der Waals surface area contributed by atoms with E-state index in [4.69, 9.17) is 0 Å². The molecule has 0 bridgehead atoms. The van der Waals surface area contributed by atoms with E-state index in [1.54, 1.807) is 12.1 Å². The Bertz CT molecular complexity index is 693. The van der Waals surface area contributed by atoms with Crippen molar-refractivity contribution in [3.05, 3.63) is 41.5 Å². The highest BCUT2D eigenvalue weighted by Crippen LogP contribution is 2.40. The Hall–Kier alpha value is -2.49. The largest absolute Gasteiger partial charge is 0.507 e. The van der Waals surface area contributed by atoms with E-state index in [9.17, 15) is 20.1 Å². The number of ketones is 1. The smallest absolute Gasteiger partial charge is 0.193 e. The highest BCUT2D eigenvalue weighted by molar-refractivity contribution is 6.23. The van der Waals surface area contributed by atoms with Gasteiger partial charge in [0.25, 0.3) is 0 Å². The van der Waals surface area contributed by atoms with Gasteiger partial charge in [-0.15, -0.1) is 0 Å². The molecule has 84 valence electrons. The molecule has 3 rings (SSSR count). The summed E-state index contributed by atoms with van der Waals surface area (Å²) >= 11 is 0. The second kappa shape index (κ2) is 3.01. The third-order valence-electron chi connectivity index (χ3n) is 2.91. The van der Waals surface area contributed by atoms with Gasteiger partial charge in [-0.05, 0) is 17.5 Å². The quantitative estimate of drug-likeness (QED) is 0.646. The fraction of sp³-hybridized carbons (Fsp3) is 0. The van der Waals surface area contributed by atoms with Crippen LogP contribution in [0.4, 0.5) is 0 Å². The minimum absolute atomic E-state index is 0.117. The van der Waals surface area contributed by atoms with E-state index in [1.165, 1.54) is 12.1 Å². The van der Waals surface area contributed by atoms with E-state index in [0.29, 0.717) is 10.8 Å². The third-order valence-corrected chi connectivity index (χ3v) is 2.91. The van der Waals surface area contributed by atoms with Gasteiger partial charge in [-0.25, -0.2) is 0 Å². The van der Waals surface area contributed by atoms with E-state index in [-0.39, 0.29) is 28.4 Å². The van der Waals surface area contributed by atoms with Crippen LogP contribution in [0.15, 0.2) is 30.3 Å². The molecule has 1 aliphatic carbocycles. The maximum absolute atomic E-state index is 11.7. The van der Waals surface area contributed by atoms with E-state index in [0.717, 1.165) is 6.08 Å². The molecule has 1 aliphatic rings. The van der Waals surface area contributed by atoms with Gasteiger partial charge in [0.15, 0.2) is 5.78 Å². The standard InChI is InChI=1S/C13H8O4/c14-7-3-1-6-2-4-8(15)13-10(17)5-9(16)12(7)11(6)13/h1-5,14-16H. The number of allylic oxidation sites excluding steroid dienone is 1. The highest BCUT2D eigenvalue weighted by atomic mass is 16.3. The second-order valence-electron chi connectivity index (χ2n) is 3.91. The second-order valence-corrected chi connectivity index (χ2v) is 3.91. The molecule has 4 heteroatoms. The molecule has 0 saturated heterocycles. The van der Waals surface area contributed by atoms with Crippen LogP contribution < -0.4 is 0 Å². The van der Waals surface area contributed by atoms with Gasteiger partial charge in [-0.3, -0.25) is 4.79 Å². The average molecular weight is 228 g/mol. The zero-order valence-corrected chi connectivity index (χ0v) is 8.64. The maximum Gasteiger partial charge on any atom is 0.193 e. The van der Waals surface area contributed by atoms with Gasteiger partial charge in [0.05, 0.1) is 11.1 Å². The molecule has 0 unspecified atom stereocenters. The molecular formula is C13H8O4. The summed E-state index contributed by atoms with van der Waals surface area (Å²) in [6.07, 6.45) is 0.997. The minimum Gasteiger partial charge on any atom is -0.507 e. The molecule has 2 aromatic rings. The van der Waals surface area contributed by atoms with Crippen molar-refractivity contribution in [1.82, 2.24) is 0 Å². The molecule has 4 nitrogen and oxygen atoms in total. The number of benzene rings is 2. The molecule has 0 radical (unpaired) electrons. The van der Waals surface area contributed by atoms with Gasteiger partial charge in [0.2, 0.25) is 0 Å². The Kier molecular flexibility index (Phi) is 1.72. The van der Waals surface area contributed by atoms with Crippen molar-refractivity contribution in [1.29, 1.82) is 0 Å². The predicted molar refractivity (Wildman–Crippen MR) is 62.2 cm³/mol. The number of phenols is 2. The number of aliphatic hydroxyl groups excluding tert-OH is 1. The fourth-order valence-electron chi connectivity index (χ4n) is 2.17. The Morgan fingerprint density at radius 1 is 0.824 bits per heavy atom. The monoisotopic (exact) mass is 228 g/mol. The first-order valence-corrected chi connectivity index (χ1v) is 5.02. The van der Waals surface area contributed by atoms with Crippen LogP contribution in [0.25, 0.3) is 16.5 Å². The Morgan fingerprint density at radius 3 is 2.06 bits per heavy atom. The number of carbonyl (C=O) groups is 1. The summed E-state index contributed by atoms with van der Waals surface area (Å²) in [6, 6.07) is 6.12. The van der Waals surface area contributed by atoms with Crippen molar-refractivity contribution in [2.24, 2.45) is 0 Å². The number of phenolic OH excluding ortho intramolecular Hbond substituents is 2. The molecule has 0 aliphatic heterocycles. The topological polar surface area (TPSA) is 77.8 Å². The number of hydrogen-bond acceptors (Lipinski definition) is 4. The number of hydrogen-bond donors (Lipinski definition) is 3. The van der Waals surface area contributed by atoms with Gasteiger partial charge in [0, 0.05) is 11.5 Å². The van der Waals surface area contributed by atoms with Gasteiger partial charge in [0.1, 0.15) is 17.3 Å². The number of rotatable bonds is 0.